The summed E-state index contributed by atoms with van der Waals surface area (Å²) in [6, 6.07) is 16.4. The normalized spacial score (nSPS) is 10.4. The van der Waals surface area contributed by atoms with Crippen LogP contribution in [0.3, 0.4) is 0 Å². The maximum absolute atomic E-state index is 12.9. The molecule has 0 unspecified atom stereocenters. The van der Waals surface area contributed by atoms with Crippen molar-refractivity contribution < 1.29 is 9.18 Å². The highest BCUT2D eigenvalue weighted by Gasteiger charge is 2.06. The molecular formula is C21H21FN4O. The molecule has 2 aromatic carbocycles. The van der Waals surface area contributed by atoms with Crippen LogP contribution in [0.15, 0.2) is 67.0 Å². The van der Waals surface area contributed by atoms with Gasteiger partial charge in [0.25, 0.3) is 5.91 Å². The molecule has 3 aromatic rings. The zero-order valence-corrected chi connectivity index (χ0v) is 14.9. The molecule has 3 rings (SSSR count). The molecule has 6 heteroatoms. The first-order chi connectivity index (χ1) is 13.2. The van der Waals surface area contributed by atoms with E-state index in [-0.39, 0.29) is 11.7 Å². The van der Waals surface area contributed by atoms with E-state index in [1.807, 2.05) is 30.3 Å². The number of carbonyl (C=O) groups excluding carboxylic acids is 1. The summed E-state index contributed by atoms with van der Waals surface area (Å²) in [7, 11) is 0. The van der Waals surface area contributed by atoms with Gasteiger partial charge in [0.2, 0.25) is 5.95 Å². The van der Waals surface area contributed by atoms with Crippen molar-refractivity contribution in [2.45, 2.75) is 12.8 Å². The number of hydrogen-bond donors (Lipinski definition) is 2. The van der Waals surface area contributed by atoms with Gasteiger partial charge in [-0.3, -0.25) is 4.79 Å². The third kappa shape index (κ3) is 5.88. The molecule has 0 radical (unpaired) electrons. The van der Waals surface area contributed by atoms with Crippen LogP contribution in [0.1, 0.15) is 21.5 Å². The number of benzene rings is 2. The first kappa shape index (κ1) is 18.5. The predicted octanol–water partition coefficient (Wildman–Crippen LogP) is 3.24. The average Bonchev–Trinajstić information content (AvgIpc) is 2.71. The van der Waals surface area contributed by atoms with Crippen molar-refractivity contribution in [2.24, 2.45) is 0 Å². The van der Waals surface area contributed by atoms with Crippen LogP contribution in [-0.4, -0.2) is 29.0 Å². The number of amides is 1. The molecule has 0 bridgehead atoms. The lowest BCUT2D eigenvalue weighted by molar-refractivity contribution is 0.0953. The fraction of sp³-hybridized carbons (Fsp3) is 0.190. The Labute approximate surface area is 157 Å². The van der Waals surface area contributed by atoms with E-state index in [9.17, 15) is 9.18 Å². The molecule has 1 amide bonds. The number of rotatable bonds is 8. The molecule has 0 saturated carbocycles. The first-order valence-corrected chi connectivity index (χ1v) is 8.83. The van der Waals surface area contributed by atoms with Gasteiger partial charge in [-0.15, -0.1) is 0 Å². The van der Waals surface area contributed by atoms with Gasteiger partial charge in [0.05, 0.1) is 5.56 Å². The van der Waals surface area contributed by atoms with Crippen molar-refractivity contribution in [3.05, 3.63) is 89.5 Å². The quantitative estimate of drug-likeness (QED) is 0.644. The van der Waals surface area contributed by atoms with Crippen molar-refractivity contribution in [3.63, 3.8) is 0 Å². The summed E-state index contributed by atoms with van der Waals surface area (Å²) in [6.07, 6.45) is 4.51. The van der Waals surface area contributed by atoms with Crippen molar-refractivity contribution in [2.75, 3.05) is 18.4 Å². The second-order valence-corrected chi connectivity index (χ2v) is 6.09. The van der Waals surface area contributed by atoms with Gasteiger partial charge in [-0.2, -0.15) is 0 Å². The molecule has 0 atom stereocenters. The van der Waals surface area contributed by atoms with E-state index < -0.39 is 0 Å². The lowest BCUT2D eigenvalue weighted by atomic mass is 10.1. The molecule has 0 aliphatic carbocycles. The van der Waals surface area contributed by atoms with Crippen LogP contribution in [-0.2, 0) is 12.8 Å². The Balaban J connectivity index is 1.42. The van der Waals surface area contributed by atoms with Crippen molar-refractivity contribution in [1.29, 1.82) is 0 Å². The van der Waals surface area contributed by atoms with Crippen LogP contribution in [0.2, 0.25) is 0 Å². The van der Waals surface area contributed by atoms with Crippen LogP contribution in [0.5, 0.6) is 0 Å². The molecule has 0 saturated heterocycles. The van der Waals surface area contributed by atoms with E-state index in [1.165, 1.54) is 30.1 Å². The number of nitrogens with zero attached hydrogens (tertiary/aromatic N) is 2. The molecule has 5 nitrogen and oxygen atoms in total. The second kappa shape index (κ2) is 9.43. The molecule has 0 aliphatic heterocycles. The summed E-state index contributed by atoms with van der Waals surface area (Å²) in [5.74, 6) is 0.0226. The highest BCUT2D eigenvalue weighted by atomic mass is 19.1. The summed E-state index contributed by atoms with van der Waals surface area (Å²) in [4.78, 5) is 20.5. The van der Waals surface area contributed by atoms with Crippen LogP contribution in [0.4, 0.5) is 10.3 Å². The van der Waals surface area contributed by atoms with Gasteiger partial charge < -0.3 is 10.6 Å². The molecule has 27 heavy (non-hydrogen) atoms. The molecule has 0 spiro atoms. The Morgan fingerprint density at radius 1 is 0.852 bits per heavy atom. The van der Waals surface area contributed by atoms with Gasteiger partial charge in [0, 0.05) is 25.5 Å². The van der Waals surface area contributed by atoms with Gasteiger partial charge in [-0.25, -0.2) is 14.4 Å². The third-order valence-electron chi connectivity index (χ3n) is 4.07. The van der Waals surface area contributed by atoms with Gasteiger partial charge in [-0.05, 0) is 36.1 Å². The van der Waals surface area contributed by atoms with E-state index >= 15 is 0 Å². The summed E-state index contributed by atoms with van der Waals surface area (Å²) >= 11 is 0. The van der Waals surface area contributed by atoms with Crippen molar-refractivity contribution >= 4 is 11.9 Å². The maximum atomic E-state index is 12.9. The third-order valence-corrected chi connectivity index (χ3v) is 4.07. The molecule has 2 N–H and O–H groups in total. The molecule has 0 aliphatic rings. The van der Waals surface area contributed by atoms with E-state index in [0.717, 1.165) is 18.4 Å². The zero-order valence-electron chi connectivity index (χ0n) is 14.9. The topological polar surface area (TPSA) is 66.9 Å². The van der Waals surface area contributed by atoms with Gasteiger partial charge >= 0.3 is 0 Å². The predicted molar refractivity (Wildman–Crippen MR) is 103 cm³/mol. The summed E-state index contributed by atoms with van der Waals surface area (Å²) in [5, 5.41) is 5.96. The molecule has 138 valence electrons. The standard InChI is InChI=1S/C21H21FN4O/c22-19-8-6-17(7-9-19)11-13-24-21-25-14-18(15-26-21)20(27)23-12-10-16-4-2-1-3-5-16/h1-9,14-15H,10-13H2,(H,23,27)(H,24,25,26). The Kier molecular flexibility index (Phi) is 6.46. The maximum Gasteiger partial charge on any atom is 0.254 e. The average molecular weight is 364 g/mol. The summed E-state index contributed by atoms with van der Waals surface area (Å²) in [5.41, 5.74) is 2.63. The first-order valence-electron chi connectivity index (χ1n) is 8.83. The molecule has 1 aromatic heterocycles. The highest BCUT2D eigenvalue weighted by molar-refractivity contribution is 5.93. The number of carbonyl (C=O) groups is 1. The number of nitrogens with one attached hydrogen (secondary N) is 2. The summed E-state index contributed by atoms with van der Waals surface area (Å²) in [6.45, 7) is 1.18. The van der Waals surface area contributed by atoms with E-state index in [2.05, 4.69) is 20.6 Å². The number of anilines is 1. The minimum atomic E-state index is -0.243. The zero-order chi connectivity index (χ0) is 18.9. The fourth-order valence-electron chi connectivity index (χ4n) is 2.57. The van der Waals surface area contributed by atoms with Gasteiger partial charge in [-0.1, -0.05) is 42.5 Å². The lowest BCUT2D eigenvalue weighted by Crippen LogP contribution is -2.26. The van der Waals surface area contributed by atoms with Gasteiger partial charge in [0.1, 0.15) is 5.82 Å². The Bertz CT molecular complexity index is 852. The van der Waals surface area contributed by atoms with E-state index in [1.54, 1.807) is 12.1 Å². The smallest absolute Gasteiger partial charge is 0.254 e. The fourth-order valence-corrected chi connectivity index (χ4v) is 2.57. The Hall–Kier alpha value is -3.28. The van der Waals surface area contributed by atoms with Crippen molar-refractivity contribution in [3.8, 4) is 0 Å². The number of halogens is 1. The van der Waals surface area contributed by atoms with Crippen LogP contribution >= 0.6 is 0 Å². The van der Waals surface area contributed by atoms with Gasteiger partial charge in [0.15, 0.2) is 0 Å². The molecular weight excluding hydrogens is 343 g/mol. The molecule has 1 heterocycles. The Morgan fingerprint density at radius 2 is 1.48 bits per heavy atom. The van der Waals surface area contributed by atoms with Crippen LogP contribution < -0.4 is 10.6 Å². The minimum absolute atomic E-state index is 0.191. The van der Waals surface area contributed by atoms with E-state index in [0.29, 0.717) is 24.6 Å². The SMILES string of the molecule is O=C(NCCc1ccccc1)c1cnc(NCCc2ccc(F)cc2)nc1. The van der Waals surface area contributed by atoms with E-state index in [4.69, 9.17) is 0 Å². The second-order valence-electron chi connectivity index (χ2n) is 6.09. The minimum Gasteiger partial charge on any atom is -0.354 e. The van der Waals surface area contributed by atoms with Crippen LogP contribution in [0, 0.1) is 5.82 Å². The van der Waals surface area contributed by atoms with Crippen molar-refractivity contribution in [1.82, 2.24) is 15.3 Å². The van der Waals surface area contributed by atoms with Crippen LogP contribution in [0.25, 0.3) is 0 Å². The lowest BCUT2D eigenvalue weighted by Gasteiger charge is -2.07. The molecule has 0 fully saturated rings. The largest absolute Gasteiger partial charge is 0.354 e. The Morgan fingerprint density at radius 3 is 2.19 bits per heavy atom. The number of hydrogen-bond acceptors (Lipinski definition) is 4. The monoisotopic (exact) mass is 364 g/mol. The summed E-state index contributed by atoms with van der Waals surface area (Å²) < 4.78 is 12.9. The highest BCUT2D eigenvalue weighted by Crippen LogP contribution is 2.05. The number of aromatic nitrogens is 2.